The quantitative estimate of drug-likeness (QED) is 0.748. The van der Waals surface area contributed by atoms with Crippen LogP contribution in [0.25, 0.3) is 0 Å². The van der Waals surface area contributed by atoms with E-state index in [1.807, 2.05) is 6.92 Å². The SMILES string of the molecule is CCCOCC(=O)N1CCCC(C(C)(C)C(=O)O)C1. The minimum Gasteiger partial charge on any atom is -0.481 e. The van der Waals surface area contributed by atoms with Crippen molar-refractivity contribution >= 4 is 11.9 Å². The van der Waals surface area contributed by atoms with Crippen LogP contribution in [0.4, 0.5) is 0 Å². The number of amides is 1. The largest absolute Gasteiger partial charge is 0.481 e. The lowest BCUT2D eigenvalue weighted by Gasteiger charge is -2.39. The molecule has 1 N–H and O–H groups in total. The molecule has 5 nitrogen and oxygen atoms in total. The number of carboxylic acid groups (broad SMARTS) is 1. The minimum atomic E-state index is -0.797. The van der Waals surface area contributed by atoms with Crippen LogP contribution < -0.4 is 0 Å². The Morgan fingerprint density at radius 2 is 2.11 bits per heavy atom. The van der Waals surface area contributed by atoms with E-state index in [1.165, 1.54) is 0 Å². The molecule has 1 fully saturated rings. The average molecular weight is 271 g/mol. The maximum absolute atomic E-state index is 12.0. The van der Waals surface area contributed by atoms with Gasteiger partial charge in [-0.15, -0.1) is 0 Å². The lowest BCUT2D eigenvalue weighted by atomic mass is 9.74. The van der Waals surface area contributed by atoms with Gasteiger partial charge in [0.2, 0.25) is 5.91 Å². The average Bonchev–Trinajstić information content (AvgIpc) is 2.39. The van der Waals surface area contributed by atoms with Crippen molar-refractivity contribution < 1.29 is 19.4 Å². The minimum absolute atomic E-state index is 0.00822. The number of carboxylic acids is 1. The highest BCUT2D eigenvalue weighted by Crippen LogP contribution is 2.34. The third-order valence-corrected chi connectivity index (χ3v) is 3.92. The number of rotatable bonds is 6. The van der Waals surface area contributed by atoms with Crippen molar-refractivity contribution in [1.29, 1.82) is 0 Å². The first-order valence-corrected chi connectivity index (χ1v) is 6.98. The number of ether oxygens (including phenoxy) is 1. The van der Waals surface area contributed by atoms with Gasteiger partial charge in [0.05, 0.1) is 5.41 Å². The Morgan fingerprint density at radius 1 is 1.42 bits per heavy atom. The second-order valence-electron chi connectivity index (χ2n) is 5.76. The van der Waals surface area contributed by atoms with Gasteiger partial charge in [0.1, 0.15) is 6.61 Å². The Kier molecular flexibility index (Phi) is 5.79. The number of hydrogen-bond donors (Lipinski definition) is 1. The van der Waals surface area contributed by atoms with Gasteiger partial charge in [-0.2, -0.15) is 0 Å². The van der Waals surface area contributed by atoms with Crippen molar-refractivity contribution in [3.05, 3.63) is 0 Å². The fraction of sp³-hybridized carbons (Fsp3) is 0.857. The van der Waals surface area contributed by atoms with Crippen LogP contribution in [-0.4, -0.2) is 48.2 Å². The van der Waals surface area contributed by atoms with E-state index < -0.39 is 11.4 Å². The fourth-order valence-corrected chi connectivity index (χ4v) is 2.36. The summed E-state index contributed by atoms with van der Waals surface area (Å²) in [5.74, 6) is -0.817. The van der Waals surface area contributed by atoms with Gasteiger partial charge in [-0.3, -0.25) is 9.59 Å². The summed E-state index contributed by atoms with van der Waals surface area (Å²) in [4.78, 5) is 25.0. The zero-order valence-electron chi connectivity index (χ0n) is 12.1. The molecule has 1 atom stereocenters. The fourth-order valence-electron chi connectivity index (χ4n) is 2.36. The molecule has 5 heteroatoms. The van der Waals surface area contributed by atoms with E-state index >= 15 is 0 Å². The molecule has 1 saturated heterocycles. The standard InChI is InChI=1S/C14H25NO4/c1-4-8-19-10-12(16)15-7-5-6-11(9-15)14(2,3)13(17)18/h11H,4-10H2,1-3H3,(H,17,18). The summed E-state index contributed by atoms with van der Waals surface area (Å²) in [7, 11) is 0. The van der Waals surface area contributed by atoms with Gasteiger partial charge in [0.25, 0.3) is 0 Å². The Morgan fingerprint density at radius 3 is 2.68 bits per heavy atom. The van der Waals surface area contributed by atoms with Crippen LogP contribution in [-0.2, 0) is 14.3 Å². The summed E-state index contributed by atoms with van der Waals surface area (Å²) in [6.07, 6.45) is 2.61. The molecule has 1 aliphatic rings. The molecule has 0 aromatic heterocycles. The molecule has 0 aromatic rings. The molecule has 1 amide bonds. The number of carbonyl (C=O) groups is 2. The molecule has 1 rings (SSSR count). The molecule has 1 aliphatic heterocycles. The van der Waals surface area contributed by atoms with Crippen LogP contribution in [0.2, 0.25) is 0 Å². The van der Waals surface area contributed by atoms with Gasteiger partial charge in [0.15, 0.2) is 0 Å². The van der Waals surface area contributed by atoms with Crippen molar-refractivity contribution in [3.63, 3.8) is 0 Å². The molecule has 0 bridgehead atoms. The van der Waals surface area contributed by atoms with Gasteiger partial charge in [-0.1, -0.05) is 6.92 Å². The lowest BCUT2D eigenvalue weighted by Crippen LogP contribution is -2.47. The van der Waals surface area contributed by atoms with E-state index in [4.69, 9.17) is 4.74 Å². The van der Waals surface area contributed by atoms with Gasteiger partial charge in [-0.05, 0) is 39.0 Å². The maximum atomic E-state index is 12.0. The van der Waals surface area contributed by atoms with E-state index in [2.05, 4.69) is 0 Å². The highest BCUT2D eigenvalue weighted by molar-refractivity contribution is 5.78. The predicted molar refractivity (Wildman–Crippen MR) is 71.8 cm³/mol. The number of piperidine rings is 1. The topological polar surface area (TPSA) is 66.8 Å². The van der Waals surface area contributed by atoms with Crippen LogP contribution in [0.15, 0.2) is 0 Å². The van der Waals surface area contributed by atoms with E-state index in [0.29, 0.717) is 19.7 Å². The second-order valence-corrected chi connectivity index (χ2v) is 5.76. The van der Waals surface area contributed by atoms with Crippen molar-refractivity contribution in [2.45, 2.75) is 40.0 Å². The van der Waals surface area contributed by atoms with Crippen LogP contribution >= 0.6 is 0 Å². The Bertz CT molecular complexity index is 327. The van der Waals surface area contributed by atoms with E-state index in [9.17, 15) is 14.7 Å². The highest BCUT2D eigenvalue weighted by atomic mass is 16.5. The first kappa shape index (κ1) is 16.0. The van der Waals surface area contributed by atoms with Crippen LogP contribution in [0, 0.1) is 11.3 Å². The van der Waals surface area contributed by atoms with Crippen LogP contribution in [0.3, 0.4) is 0 Å². The van der Waals surface area contributed by atoms with Crippen molar-refractivity contribution in [1.82, 2.24) is 4.90 Å². The molecule has 19 heavy (non-hydrogen) atoms. The summed E-state index contributed by atoms with van der Waals surface area (Å²) >= 11 is 0. The third kappa shape index (κ3) is 4.20. The normalized spacial score (nSPS) is 20.4. The summed E-state index contributed by atoms with van der Waals surface area (Å²) in [6, 6.07) is 0. The molecular weight excluding hydrogens is 246 g/mol. The van der Waals surface area contributed by atoms with Gasteiger partial charge >= 0.3 is 5.97 Å². The monoisotopic (exact) mass is 271 g/mol. The van der Waals surface area contributed by atoms with Crippen molar-refractivity contribution in [2.24, 2.45) is 11.3 Å². The zero-order chi connectivity index (χ0) is 14.5. The summed E-state index contributed by atoms with van der Waals surface area (Å²) in [5.41, 5.74) is -0.788. The number of likely N-dealkylation sites (tertiary alicyclic amines) is 1. The molecule has 1 heterocycles. The molecule has 0 radical (unpaired) electrons. The Balaban J connectivity index is 2.54. The van der Waals surface area contributed by atoms with Crippen LogP contribution in [0.5, 0.6) is 0 Å². The molecule has 0 spiro atoms. The third-order valence-electron chi connectivity index (χ3n) is 3.92. The first-order chi connectivity index (χ1) is 8.89. The van der Waals surface area contributed by atoms with Gasteiger partial charge < -0.3 is 14.7 Å². The summed E-state index contributed by atoms with van der Waals surface area (Å²) in [6.45, 7) is 7.39. The zero-order valence-corrected chi connectivity index (χ0v) is 12.1. The number of aliphatic carboxylic acids is 1. The summed E-state index contributed by atoms with van der Waals surface area (Å²) in [5, 5.41) is 9.26. The maximum Gasteiger partial charge on any atom is 0.309 e. The smallest absolute Gasteiger partial charge is 0.309 e. The van der Waals surface area contributed by atoms with E-state index in [0.717, 1.165) is 19.3 Å². The highest BCUT2D eigenvalue weighted by Gasteiger charge is 2.39. The van der Waals surface area contributed by atoms with Crippen molar-refractivity contribution in [3.8, 4) is 0 Å². The predicted octanol–water partition coefficient (Wildman–Crippen LogP) is 1.76. The molecular formula is C14H25NO4. The van der Waals surface area contributed by atoms with Crippen molar-refractivity contribution in [2.75, 3.05) is 26.3 Å². The van der Waals surface area contributed by atoms with E-state index in [1.54, 1.807) is 18.7 Å². The number of nitrogens with zero attached hydrogens (tertiary/aromatic N) is 1. The number of hydrogen-bond acceptors (Lipinski definition) is 3. The number of carbonyl (C=O) groups excluding carboxylic acids is 1. The van der Waals surface area contributed by atoms with Gasteiger partial charge in [0, 0.05) is 19.7 Å². The summed E-state index contributed by atoms with van der Waals surface area (Å²) < 4.78 is 5.26. The second kappa shape index (κ2) is 6.89. The molecule has 0 saturated carbocycles. The Hall–Kier alpha value is -1.10. The van der Waals surface area contributed by atoms with E-state index in [-0.39, 0.29) is 18.4 Å². The molecule has 0 aliphatic carbocycles. The van der Waals surface area contributed by atoms with Crippen LogP contribution in [0.1, 0.15) is 40.0 Å². The Labute approximate surface area is 114 Å². The molecule has 110 valence electrons. The molecule has 1 unspecified atom stereocenters. The molecule has 0 aromatic carbocycles. The first-order valence-electron chi connectivity index (χ1n) is 6.98. The van der Waals surface area contributed by atoms with Gasteiger partial charge in [-0.25, -0.2) is 0 Å². The lowest BCUT2D eigenvalue weighted by molar-refractivity contribution is -0.153.